The topological polar surface area (TPSA) is 116 Å². The second-order valence-corrected chi connectivity index (χ2v) is 12.1. The predicted molar refractivity (Wildman–Crippen MR) is 145 cm³/mol. The number of piperidine rings is 1. The lowest BCUT2D eigenvalue weighted by molar-refractivity contribution is -0.137. The maximum atomic E-state index is 13.7. The molecule has 13 heteroatoms. The van der Waals surface area contributed by atoms with Gasteiger partial charge in [0, 0.05) is 36.9 Å². The van der Waals surface area contributed by atoms with E-state index in [1.165, 1.54) is 18.2 Å². The van der Waals surface area contributed by atoms with Crippen LogP contribution in [-0.4, -0.2) is 50.2 Å². The van der Waals surface area contributed by atoms with E-state index in [4.69, 9.17) is 0 Å². The number of nitrogens with zero attached hydrogens (tertiary/aromatic N) is 3. The van der Waals surface area contributed by atoms with Gasteiger partial charge in [0.05, 0.1) is 11.3 Å². The lowest BCUT2D eigenvalue weighted by Crippen LogP contribution is -2.37. The summed E-state index contributed by atoms with van der Waals surface area (Å²) in [6.07, 6.45) is -0.663. The summed E-state index contributed by atoms with van der Waals surface area (Å²) in [5, 5.41) is 8.94. The van der Waals surface area contributed by atoms with Gasteiger partial charge in [-0.3, -0.25) is 4.79 Å². The second kappa shape index (κ2) is 11.0. The van der Waals surface area contributed by atoms with Crippen LogP contribution < -0.4 is 20.9 Å². The summed E-state index contributed by atoms with van der Waals surface area (Å²) in [5.41, 5.74) is 1.65. The molecule has 3 N–H and O–H groups in total. The Kier molecular flexibility index (Phi) is 7.69. The van der Waals surface area contributed by atoms with Crippen LogP contribution in [0.25, 0.3) is 0 Å². The summed E-state index contributed by atoms with van der Waals surface area (Å²) in [7, 11) is -3.47. The van der Waals surface area contributed by atoms with E-state index in [0.717, 1.165) is 43.4 Å². The van der Waals surface area contributed by atoms with Crippen LogP contribution in [0.15, 0.2) is 53.6 Å². The van der Waals surface area contributed by atoms with Gasteiger partial charge in [0.15, 0.2) is 9.84 Å². The second-order valence-electron chi connectivity index (χ2n) is 10.1. The van der Waals surface area contributed by atoms with Crippen LogP contribution >= 0.6 is 0 Å². The lowest BCUT2D eigenvalue weighted by atomic mass is 9.97. The first-order chi connectivity index (χ1) is 19.0. The molecule has 1 saturated heterocycles. The third-order valence-electron chi connectivity index (χ3n) is 7.05. The highest BCUT2D eigenvalue weighted by atomic mass is 32.2. The highest BCUT2D eigenvalue weighted by molar-refractivity contribution is 7.90. The Bertz CT molecular complexity index is 1520. The Hall–Kier alpha value is -3.71. The van der Waals surface area contributed by atoms with Crippen LogP contribution in [0.1, 0.15) is 29.5 Å². The molecule has 40 heavy (non-hydrogen) atoms. The zero-order valence-electron chi connectivity index (χ0n) is 21.8. The van der Waals surface area contributed by atoms with Gasteiger partial charge in [0.2, 0.25) is 11.9 Å². The van der Waals surface area contributed by atoms with Gasteiger partial charge in [-0.1, -0.05) is 12.1 Å². The van der Waals surface area contributed by atoms with E-state index in [1.807, 2.05) is 11.0 Å². The molecule has 0 aliphatic carbocycles. The van der Waals surface area contributed by atoms with Crippen molar-refractivity contribution in [3.63, 3.8) is 0 Å². The fourth-order valence-corrected chi connectivity index (χ4v) is 5.66. The number of hydrogen-bond donors (Lipinski definition) is 3. The lowest BCUT2D eigenvalue weighted by Gasteiger charge is -2.28. The number of carbonyl (C=O) groups is 1. The number of amides is 1. The molecule has 0 spiro atoms. The van der Waals surface area contributed by atoms with E-state index in [1.54, 1.807) is 18.2 Å². The molecule has 2 aliphatic heterocycles. The maximum Gasteiger partial charge on any atom is 0.421 e. The van der Waals surface area contributed by atoms with E-state index in [0.29, 0.717) is 29.9 Å². The number of alkyl halides is 3. The number of nitrogens with one attached hydrogen (secondary N) is 3. The number of hydrogen-bond acceptors (Lipinski definition) is 8. The molecule has 0 atom stereocenters. The fourth-order valence-electron chi connectivity index (χ4n) is 4.97. The third kappa shape index (κ3) is 6.36. The number of aromatic nitrogens is 2. The molecule has 1 fully saturated rings. The van der Waals surface area contributed by atoms with Crippen molar-refractivity contribution in [2.45, 2.75) is 36.9 Å². The smallest absolute Gasteiger partial charge is 0.365 e. The Morgan fingerprint density at radius 2 is 1.90 bits per heavy atom. The van der Waals surface area contributed by atoms with Gasteiger partial charge in [-0.25, -0.2) is 13.4 Å². The SMILES string of the molecule is CS(=O)(=O)c1cccc(CNc2nc(Nc3ccc4c(c3)CC(=O)N4CC3CCNCC3)ncc2C(F)(F)F)c1. The van der Waals surface area contributed by atoms with E-state index in [9.17, 15) is 26.4 Å². The van der Waals surface area contributed by atoms with E-state index in [2.05, 4.69) is 25.9 Å². The van der Waals surface area contributed by atoms with Gasteiger partial charge >= 0.3 is 6.18 Å². The van der Waals surface area contributed by atoms with Gasteiger partial charge in [0.1, 0.15) is 11.4 Å². The van der Waals surface area contributed by atoms with Crippen LogP contribution in [0.2, 0.25) is 0 Å². The first-order valence-corrected chi connectivity index (χ1v) is 14.7. The highest BCUT2D eigenvalue weighted by Crippen LogP contribution is 2.36. The number of carbonyl (C=O) groups excluding carboxylic acids is 1. The summed E-state index contributed by atoms with van der Waals surface area (Å²) in [5.74, 6) is -0.0346. The molecule has 0 unspecified atom stereocenters. The average Bonchev–Trinajstić information content (AvgIpc) is 3.21. The number of fused-ring (bicyclic) bond motifs is 1. The van der Waals surface area contributed by atoms with Crippen molar-refractivity contribution in [3.8, 4) is 0 Å². The molecule has 212 valence electrons. The third-order valence-corrected chi connectivity index (χ3v) is 8.16. The van der Waals surface area contributed by atoms with Crippen molar-refractivity contribution < 1.29 is 26.4 Å². The summed E-state index contributed by atoms with van der Waals surface area (Å²) in [4.78, 5) is 22.5. The summed E-state index contributed by atoms with van der Waals surface area (Å²) in [6, 6.07) is 11.3. The summed E-state index contributed by atoms with van der Waals surface area (Å²) < 4.78 is 64.7. The van der Waals surface area contributed by atoms with Gasteiger partial charge in [-0.05, 0) is 73.3 Å². The Morgan fingerprint density at radius 3 is 2.62 bits per heavy atom. The van der Waals surface area contributed by atoms with Crippen LogP contribution in [-0.2, 0) is 33.8 Å². The highest BCUT2D eigenvalue weighted by Gasteiger charge is 2.35. The molecule has 5 rings (SSSR count). The first-order valence-electron chi connectivity index (χ1n) is 12.9. The Labute approximate surface area is 230 Å². The first kappa shape index (κ1) is 27.8. The minimum atomic E-state index is -4.71. The monoisotopic (exact) mass is 574 g/mol. The molecule has 2 aromatic carbocycles. The van der Waals surface area contributed by atoms with Crippen molar-refractivity contribution in [1.29, 1.82) is 0 Å². The quantitative estimate of drug-likeness (QED) is 0.368. The average molecular weight is 575 g/mol. The zero-order chi connectivity index (χ0) is 28.5. The largest absolute Gasteiger partial charge is 0.421 e. The fraction of sp³-hybridized carbons (Fsp3) is 0.370. The maximum absolute atomic E-state index is 13.7. The number of anilines is 4. The molecule has 9 nitrogen and oxygen atoms in total. The summed E-state index contributed by atoms with van der Waals surface area (Å²) in [6.45, 7) is 2.47. The summed E-state index contributed by atoms with van der Waals surface area (Å²) >= 11 is 0. The number of halogens is 3. The molecule has 0 saturated carbocycles. The van der Waals surface area contributed by atoms with Gasteiger partial charge < -0.3 is 20.9 Å². The van der Waals surface area contributed by atoms with Crippen molar-refractivity contribution in [3.05, 3.63) is 65.4 Å². The van der Waals surface area contributed by atoms with E-state index >= 15 is 0 Å². The Balaban J connectivity index is 1.34. The number of benzene rings is 2. The van der Waals surface area contributed by atoms with Crippen LogP contribution in [0, 0.1) is 5.92 Å². The Morgan fingerprint density at radius 1 is 1.12 bits per heavy atom. The van der Waals surface area contributed by atoms with Gasteiger partial charge in [0.25, 0.3) is 0 Å². The molecular weight excluding hydrogens is 545 g/mol. The van der Waals surface area contributed by atoms with Crippen molar-refractivity contribution in [2.24, 2.45) is 5.92 Å². The molecule has 1 amide bonds. The van der Waals surface area contributed by atoms with Gasteiger partial charge in [-0.2, -0.15) is 18.2 Å². The van der Waals surface area contributed by atoms with Crippen molar-refractivity contribution in [2.75, 3.05) is 41.4 Å². The van der Waals surface area contributed by atoms with Crippen molar-refractivity contribution >= 4 is 38.9 Å². The van der Waals surface area contributed by atoms with Crippen LogP contribution in [0.5, 0.6) is 0 Å². The van der Waals surface area contributed by atoms with E-state index in [-0.39, 0.29) is 29.7 Å². The predicted octanol–water partition coefficient (Wildman–Crippen LogP) is 4.14. The number of rotatable bonds is 8. The molecule has 0 radical (unpaired) electrons. The zero-order valence-corrected chi connectivity index (χ0v) is 22.6. The van der Waals surface area contributed by atoms with Crippen LogP contribution in [0.4, 0.5) is 36.3 Å². The minimum Gasteiger partial charge on any atom is -0.365 e. The standard InChI is InChI=1S/C27H29F3N6O3S/c1-40(38,39)21-4-2-3-18(11-21)14-32-25-22(27(28,29)30)15-33-26(35-25)34-20-5-6-23-19(12-20)13-24(37)36(23)16-17-7-9-31-10-8-17/h2-6,11-12,15,17,31H,7-10,13-14,16H2,1H3,(H2,32,33,34,35). The molecule has 0 bridgehead atoms. The van der Waals surface area contributed by atoms with Crippen LogP contribution in [0.3, 0.4) is 0 Å². The molecule has 2 aliphatic rings. The normalized spacial score (nSPS) is 16.2. The molecule has 1 aromatic heterocycles. The minimum absolute atomic E-state index is 0.0305. The van der Waals surface area contributed by atoms with Crippen molar-refractivity contribution in [1.82, 2.24) is 15.3 Å². The number of sulfone groups is 1. The molecule has 3 aromatic rings. The molecule has 3 heterocycles. The van der Waals surface area contributed by atoms with Gasteiger partial charge in [-0.15, -0.1) is 0 Å². The van der Waals surface area contributed by atoms with E-state index < -0.39 is 27.4 Å². The molecular formula is C27H29F3N6O3S.